The number of carbonyl (C=O) groups is 2. The summed E-state index contributed by atoms with van der Waals surface area (Å²) in [5.41, 5.74) is 6.98. The summed E-state index contributed by atoms with van der Waals surface area (Å²) in [7, 11) is 0. The molecule has 23 heavy (non-hydrogen) atoms. The molecule has 2 amide bonds. The van der Waals surface area contributed by atoms with Crippen molar-refractivity contribution in [3.63, 3.8) is 0 Å². The molecular weight excluding hydrogens is 310 g/mol. The zero-order chi connectivity index (χ0) is 16.5. The van der Waals surface area contributed by atoms with Gasteiger partial charge >= 0.3 is 0 Å². The Morgan fingerprint density at radius 3 is 2.43 bits per heavy atom. The lowest BCUT2D eigenvalue weighted by molar-refractivity contribution is 0.0944. The molecule has 0 saturated heterocycles. The quantitative estimate of drug-likeness (QED) is 0.648. The number of hydrogen-bond donors (Lipinski definition) is 3. The van der Waals surface area contributed by atoms with E-state index < -0.39 is 0 Å². The van der Waals surface area contributed by atoms with Gasteiger partial charge in [-0.2, -0.15) is 0 Å². The number of thiophene rings is 1. The van der Waals surface area contributed by atoms with Crippen molar-refractivity contribution in [3.8, 4) is 0 Å². The lowest BCUT2D eigenvalue weighted by Crippen LogP contribution is -2.25. The Hall–Kier alpha value is -2.18. The molecule has 0 aliphatic rings. The van der Waals surface area contributed by atoms with Gasteiger partial charge in [0.2, 0.25) is 0 Å². The molecule has 0 unspecified atom stereocenters. The zero-order valence-electron chi connectivity index (χ0n) is 12.9. The third kappa shape index (κ3) is 5.50. The summed E-state index contributed by atoms with van der Waals surface area (Å²) in [5, 5.41) is 7.59. The Morgan fingerprint density at radius 2 is 1.78 bits per heavy atom. The van der Waals surface area contributed by atoms with Gasteiger partial charge in [-0.15, -0.1) is 11.3 Å². The number of benzene rings is 1. The minimum atomic E-state index is -0.0869. The van der Waals surface area contributed by atoms with Gasteiger partial charge in [0.15, 0.2) is 0 Å². The predicted octanol–water partition coefficient (Wildman–Crippen LogP) is 2.15. The van der Waals surface area contributed by atoms with Gasteiger partial charge in [0.25, 0.3) is 11.8 Å². The van der Waals surface area contributed by atoms with Gasteiger partial charge in [-0.3, -0.25) is 9.59 Å². The summed E-state index contributed by atoms with van der Waals surface area (Å²) in [6.45, 7) is 1.71. The summed E-state index contributed by atoms with van der Waals surface area (Å²) in [4.78, 5) is 24.5. The number of hydrogen-bond acceptors (Lipinski definition) is 4. The normalized spacial score (nSPS) is 10.3. The Labute approximate surface area is 139 Å². The van der Waals surface area contributed by atoms with E-state index in [2.05, 4.69) is 10.6 Å². The average molecular weight is 331 g/mol. The first-order valence-electron chi connectivity index (χ1n) is 7.59. The van der Waals surface area contributed by atoms with E-state index in [0.29, 0.717) is 30.1 Å². The summed E-state index contributed by atoms with van der Waals surface area (Å²) in [5.74, 6) is -0.169. The second-order valence-electron chi connectivity index (χ2n) is 5.11. The van der Waals surface area contributed by atoms with Gasteiger partial charge in [-0.1, -0.05) is 18.2 Å². The maximum atomic E-state index is 11.9. The van der Waals surface area contributed by atoms with E-state index in [0.717, 1.165) is 18.4 Å². The molecule has 0 bridgehead atoms. The van der Waals surface area contributed by atoms with Gasteiger partial charge < -0.3 is 16.4 Å². The second-order valence-corrected chi connectivity index (χ2v) is 6.06. The minimum Gasteiger partial charge on any atom is -0.352 e. The van der Waals surface area contributed by atoms with Crippen LogP contribution in [-0.4, -0.2) is 24.9 Å². The number of nitrogens with two attached hydrogens (primary N) is 1. The molecule has 1 aromatic carbocycles. The van der Waals surface area contributed by atoms with Gasteiger partial charge in [-0.25, -0.2) is 0 Å². The van der Waals surface area contributed by atoms with Crippen molar-refractivity contribution in [1.82, 2.24) is 10.6 Å². The molecule has 4 N–H and O–H groups in total. The Kier molecular flexibility index (Phi) is 6.77. The van der Waals surface area contributed by atoms with Gasteiger partial charge in [0.05, 0.1) is 4.88 Å². The highest BCUT2D eigenvalue weighted by atomic mass is 32.1. The van der Waals surface area contributed by atoms with Gasteiger partial charge in [-0.05, 0) is 48.5 Å². The number of rotatable bonds is 8. The molecule has 0 fully saturated rings. The van der Waals surface area contributed by atoms with Crippen molar-refractivity contribution >= 4 is 23.2 Å². The van der Waals surface area contributed by atoms with Crippen LogP contribution in [0.5, 0.6) is 0 Å². The monoisotopic (exact) mass is 331 g/mol. The van der Waals surface area contributed by atoms with Crippen LogP contribution in [0.3, 0.4) is 0 Å². The van der Waals surface area contributed by atoms with E-state index in [-0.39, 0.29) is 11.8 Å². The smallest absolute Gasteiger partial charge is 0.261 e. The Bertz CT molecular complexity index is 624. The summed E-state index contributed by atoms with van der Waals surface area (Å²) >= 11 is 1.41. The third-order valence-corrected chi connectivity index (χ3v) is 4.20. The van der Waals surface area contributed by atoms with Crippen molar-refractivity contribution in [3.05, 3.63) is 57.8 Å². The molecule has 0 aliphatic heterocycles. The standard InChI is InChI=1S/C17H21N3O2S/c18-9-1-2-10-19-16(21)14-7-5-13(6-8-14)12-20-17(22)15-4-3-11-23-15/h3-8,11H,1-2,9-10,12,18H2,(H,19,21)(H,20,22). The molecule has 0 spiro atoms. The van der Waals surface area contributed by atoms with E-state index in [9.17, 15) is 9.59 Å². The van der Waals surface area contributed by atoms with Crippen LogP contribution in [0.2, 0.25) is 0 Å². The lowest BCUT2D eigenvalue weighted by atomic mass is 10.1. The predicted molar refractivity (Wildman–Crippen MR) is 92.6 cm³/mol. The Morgan fingerprint density at radius 1 is 1.00 bits per heavy atom. The summed E-state index contributed by atoms with van der Waals surface area (Å²) in [6, 6.07) is 10.9. The summed E-state index contributed by atoms with van der Waals surface area (Å²) in [6.07, 6.45) is 1.79. The van der Waals surface area contributed by atoms with Crippen LogP contribution < -0.4 is 16.4 Å². The first kappa shape index (κ1) is 17.2. The van der Waals surface area contributed by atoms with Crippen LogP contribution in [0.1, 0.15) is 38.4 Å². The number of carbonyl (C=O) groups excluding carboxylic acids is 2. The number of nitrogens with one attached hydrogen (secondary N) is 2. The second kappa shape index (κ2) is 9.07. The SMILES string of the molecule is NCCCCNC(=O)c1ccc(CNC(=O)c2cccs2)cc1. The molecule has 1 aromatic heterocycles. The molecule has 122 valence electrons. The van der Waals surface area contributed by atoms with E-state index in [1.165, 1.54) is 11.3 Å². The molecule has 0 aliphatic carbocycles. The highest BCUT2D eigenvalue weighted by Crippen LogP contribution is 2.09. The fourth-order valence-corrected chi connectivity index (χ4v) is 2.66. The molecule has 2 aromatic rings. The number of unbranched alkanes of at least 4 members (excludes halogenated alkanes) is 1. The fourth-order valence-electron chi connectivity index (χ4n) is 2.02. The van der Waals surface area contributed by atoms with Crippen molar-refractivity contribution in [2.75, 3.05) is 13.1 Å². The molecule has 0 radical (unpaired) electrons. The van der Waals surface area contributed by atoms with Crippen LogP contribution in [0, 0.1) is 0 Å². The van der Waals surface area contributed by atoms with Gasteiger partial charge in [0.1, 0.15) is 0 Å². The molecule has 5 nitrogen and oxygen atoms in total. The third-order valence-electron chi connectivity index (χ3n) is 3.33. The fraction of sp³-hybridized carbons (Fsp3) is 0.294. The molecule has 0 atom stereocenters. The molecule has 6 heteroatoms. The van der Waals surface area contributed by atoms with Crippen molar-refractivity contribution in [2.24, 2.45) is 5.73 Å². The van der Waals surface area contributed by atoms with Crippen LogP contribution in [0.15, 0.2) is 41.8 Å². The lowest BCUT2D eigenvalue weighted by Gasteiger charge is -2.07. The maximum Gasteiger partial charge on any atom is 0.261 e. The minimum absolute atomic E-state index is 0.0817. The van der Waals surface area contributed by atoms with Crippen LogP contribution in [0.4, 0.5) is 0 Å². The van der Waals surface area contributed by atoms with Crippen LogP contribution in [0.25, 0.3) is 0 Å². The van der Waals surface area contributed by atoms with Crippen molar-refractivity contribution in [2.45, 2.75) is 19.4 Å². The number of amides is 2. The first-order valence-corrected chi connectivity index (χ1v) is 8.47. The van der Waals surface area contributed by atoms with Crippen molar-refractivity contribution in [1.29, 1.82) is 0 Å². The molecule has 0 saturated carbocycles. The highest BCUT2D eigenvalue weighted by molar-refractivity contribution is 7.12. The Balaban J connectivity index is 1.80. The topological polar surface area (TPSA) is 84.2 Å². The van der Waals surface area contributed by atoms with E-state index >= 15 is 0 Å². The molecule has 1 heterocycles. The van der Waals surface area contributed by atoms with Crippen LogP contribution in [-0.2, 0) is 6.54 Å². The summed E-state index contributed by atoms with van der Waals surface area (Å²) < 4.78 is 0. The molecular formula is C17H21N3O2S. The zero-order valence-corrected chi connectivity index (χ0v) is 13.7. The van der Waals surface area contributed by atoms with E-state index in [4.69, 9.17) is 5.73 Å². The van der Waals surface area contributed by atoms with Crippen molar-refractivity contribution < 1.29 is 9.59 Å². The van der Waals surface area contributed by atoms with Gasteiger partial charge in [0, 0.05) is 18.7 Å². The van der Waals surface area contributed by atoms with Crippen LogP contribution >= 0.6 is 11.3 Å². The van der Waals surface area contributed by atoms with E-state index in [1.54, 1.807) is 18.2 Å². The maximum absolute atomic E-state index is 11.9. The first-order chi connectivity index (χ1) is 11.2. The largest absolute Gasteiger partial charge is 0.352 e. The van der Waals surface area contributed by atoms with E-state index in [1.807, 2.05) is 23.6 Å². The molecule has 2 rings (SSSR count). The highest BCUT2D eigenvalue weighted by Gasteiger charge is 2.07. The average Bonchev–Trinajstić information content (AvgIpc) is 3.11.